The summed E-state index contributed by atoms with van der Waals surface area (Å²) >= 11 is 0. The summed E-state index contributed by atoms with van der Waals surface area (Å²) in [7, 11) is -3.05. The van der Waals surface area contributed by atoms with Crippen molar-refractivity contribution in [3.05, 3.63) is 29.6 Å². The lowest BCUT2D eigenvalue weighted by molar-refractivity contribution is 0.579. The molecule has 1 N–H and O–H groups in total. The van der Waals surface area contributed by atoms with Gasteiger partial charge in [0.15, 0.2) is 9.84 Å². The van der Waals surface area contributed by atoms with Gasteiger partial charge in [-0.1, -0.05) is 6.07 Å². The Morgan fingerprint density at radius 3 is 2.72 bits per heavy atom. The van der Waals surface area contributed by atoms with Crippen LogP contribution in [0.2, 0.25) is 0 Å². The van der Waals surface area contributed by atoms with Crippen LogP contribution in [0.15, 0.2) is 18.2 Å². The molecule has 1 aromatic carbocycles. The van der Waals surface area contributed by atoms with Crippen LogP contribution >= 0.6 is 0 Å². The molecular formula is C13H18FNO2S. The number of nitrogens with one attached hydrogen (secondary N) is 1. The molecule has 0 saturated heterocycles. The van der Waals surface area contributed by atoms with Gasteiger partial charge in [-0.05, 0) is 43.9 Å². The Labute approximate surface area is 107 Å². The zero-order valence-electron chi connectivity index (χ0n) is 10.6. The van der Waals surface area contributed by atoms with Crippen molar-refractivity contribution in [2.24, 2.45) is 0 Å². The molecule has 1 aliphatic carbocycles. The third-order valence-corrected chi connectivity index (χ3v) is 5.21. The molecule has 1 aliphatic rings. The van der Waals surface area contributed by atoms with Crippen molar-refractivity contribution in [2.75, 3.05) is 11.6 Å². The first-order valence-corrected chi connectivity index (χ1v) is 8.05. The minimum atomic E-state index is -3.05. The van der Waals surface area contributed by atoms with E-state index in [-0.39, 0.29) is 17.1 Å². The number of aryl methyl sites for hydroxylation is 1. The summed E-state index contributed by atoms with van der Waals surface area (Å²) in [5, 5.41) is 2.83. The lowest BCUT2D eigenvalue weighted by Crippen LogP contribution is -2.34. The van der Waals surface area contributed by atoms with Crippen LogP contribution < -0.4 is 5.32 Å². The highest BCUT2D eigenvalue weighted by atomic mass is 32.2. The molecule has 2 rings (SSSR count). The van der Waals surface area contributed by atoms with E-state index in [0.29, 0.717) is 12.1 Å². The lowest BCUT2D eigenvalue weighted by Gasteiger charge is -2.21. The molecule has 0 spiro atoms. The molecule has 0 aromatic heterocycles. The van der Waals surface area contributed by atoms with E-state index >= 15 is 0 Å². The number of hydrogen-bond acceptors (Lipinski definition) is 3. The molecule has 3 nitrogen and oxygen atoms in total. The first kappa shape index (κ1) is 13.3. The molecule has 0 radical (unpaired) electrons. The zero-order chi connectivity index (χ0) is 13.3. The molecule has 2 unspecified atom stereocenters. The largest absolute Gasteiger partial charge is 0.381 e. The average molecular weight is 271 g/mol. The standard InChI is InChI=1S/C13H18FNO2S/c1-9-6-7-10(14)8-12(9)15-11-4-3-5-13(11)18(2,16)17/h6-8,11,13,15H,3-5H2,1-2H3. The number of halogens is 1. The third-order valence-electron chi connectivity index (χ3n) is 3.54. The first-order valence-electron chi connectivity index (χ1n) is 6.09. The van der Waals surface area contributed by atoms with Gasteiger partial charge in [0.25, 0.3) is 0 Å². The van der Waals surface area contributed by atoms with Crippen molar-refractivity contribution < 1.29 is 12.8 Å². The van der Waals surface area contributed by atoms with E-state index in [1.165, 1.54) is 18.4 Å². The molecular weight excluding hydrogens is 253 g/mol. The van der Waals surface area contributed by atoms with Crippen molar-refractivity contribution in [3.8, 4) is 0 Å². The molecule has 100 valence electrons. The van der Waals surface area contributed by atoms with Gasteiger partial charge in [-0.3, -0.25) is 0 Å². The quantitative estimate of drug-likeness (QED) is 0.919. The van der Waals surface area contributed by atoms with E-state index in [9.17, 15) is 12.8 Å². The van der Waals surface area contributed by atoms with Gasteiger partial charge in [-0.15, -0.1) is 0 Å². The normalized spacial score (nSPS) is 24.2. The van der Waals surface area contributed by atoms with Crippen LogP contribution in [-0.4, -0.2) is 26.0 Å². The molecule has 1 saturated carbocycles. The fraction of sp³-hybridized carbons (Fsp3) is 0.538. The van der Waals surface area contributed by atoms with E-state index in [4.69, 9.17) is 0 Å². The van der Waals surface area contributed by atoms with Gasteiger partial charge < -0.3 is 5.32 Å². The monoisotopic (exact) mass is 271 g/mol. The highest BCUT2D eigenvalue weighted by Crippen LogP contribution is 2.29. The van der Waals surface area contributed by atoms with Gasteiger partial charge in [0.2, 0.25) is 0 Å². The molecule has 0 aliphatic heterocycles. The summed E-state index contributed by atoms with van der Waals surface area (Å²) in [5.41, 5.74) is 1.62. The Morgan fingerprint density at radius 2 is 2.06 bits per heavy atom. The summed E-state index contributed by atoms with van der Waals surface area (Å²) in [5.74, 6) is -0.308. The Morgan fingerprint density at radius 1 is 1.33 bits per heavy atom. The summed E-state index contributed by atoms with van der Waals surface area (Å²) in [6, 6.07) is 4.42. The van der Waals surface area contributed by atoms with Gasteiger partial charge in [-0.25, -0.2) is 12.8 Å². The lowest BCUT2D eigenvalue weighted by atomic mass is 10.1. The molecule has 18 heavy (non-hydrogen) atoms. The van der Waals surface area contributed by atoms with Gasteiger partial charge in [0.05, 0.1) is 5.25 Å². The minimum Gasteiger partial charge on any atom is -0.381 e. The molecule has 1 fully saturated rings. The number of rotatable bonds is 3. The maximum atomic E-state index is 13.2. The molecule has 2 atom stereocenters. The summed E-state index contributed by atoms with van der Waals surface area (Å²) in [6.07, 6.45) is 3.67. The van der Waals surface area contributed by atoms with Crippen LogP contribution in [0, 0.1) is 12.7 Å². The van der Waals surface area contributed by atoms with Crippen molar-refractivity contribution in [1.82, 2.24) is 0 Å². The van der Waals surface area contributed by atoms with Gasteiger partial charge >= 0.3 is 0 Å². The predicted octanol–water partition coefficient (Wildman–Crippen LogP) is 2.51. The maximum absolute atomic E-state index is 13.2. The van der Waals surface area contributed by atoms with Crippen LogP contribution in [0.1, 0.15) is 24.8 Å². The Hall–Kier alpha value is -1.10. The second kappa shape index (κ2) is 4.88. The molecule has 5 heteroatoms. The second-order valence-electron chi connectivity index (χ2n) is 5.01. The van der Waals surface area contributed by atoms with E-state index in [1.807, 2.05) is 6.92 Å². The highest BCUT2D eigenvalue weighted by molar-refractivity contribution is 7.91. The van der Waals surface area contributed by atoms with Gasteiger partial charge in [-0.2, -0.15) is 0 Å². The number of sulfone groups is 1. The minimum absolute atomic E-state index is 0.111. The smallest absolute Gasteiger partial charge is 0.152 e. The zero-order valence-corrected chi connectivity index (χ0v) is 11.4. The van der Waals surface area contributed by atoms with E-state index in [2.05, 4.69) is 5.32 Å². The van der Waals surface area contributed by atoms with Crippen LogP contribution in [0.25, 0.3) is 0 Å². The van der Waals surface area contributed by atoms with Gasteiger partial charge in [0, 0.05) is 18.0 Å². The van der Waals surface area contributed by atoms with Crippen molar-refractivity contribution >= 4 is 15.5 Å². The number of benzene rings is 1. The second-order valence-corrected chi connectivity index (χ2v) is 7.27. The Kier molecular flexibility index (Phi) is 3.61. The van der Waals surface area contributed by atoms with Crippen molar-refractivity contribution in [3.63, 3.8) is 0 Å². The van der Waals surface area contributed by atoms with Crippen LogP contribution in [-0.2, 0) is 9.84 Å². The Bertz CT molecular complexity index is 542. The average Bonchev–Trinajstić information content (AvgIpc) is 2.71. The van der Waals surface area contributed by atoms with Gasteiger partial charge in [0.1, 0.15) is 5.82 Å². The van der Waals surface area contributed by atoms with E-state index in [0.717, 1.165) is 18.4 Å². The molecule has 0 heterocycles. The third kappa shape index (κ3) is 2.83. The topological polar surface area (TPSA) is 46.2 Å². The fourth-order valence-electron chi connectivity index (χ4n) is 2.55. The molecule has 0 bridgehead atoms. The summed E-state index contributed by atoms with van der Waals surface area (Å²) < 4.78 is 36.5. The predicted molar refractivity (Wildman–Crippen MR) is 71.0 cm³/mol. The van der Waals surface area contributed by atoms with Crippen LogP contribution in [0.4, 0.5) is 10.1 Å². The highest BCUT2D eigenvalue weighted by Gasteiger charge is 2.34. The van der Waals surface area contributed by atoms with E-state index in [1.54, 1.807) is 6.07 Å². The number of anilines is 1. The van der Waals surface area contributed by atoms with Crippen LogP contribution in [0.5, 0.6) is 0 Å². The van der Waals surface area contributed by atoms with Crippen molar-refractivity contribution in [1.29, 1.82) is 0 Å². The van der Waals surface area contributed by atoms with Crippen molar-refractivity contribution in [2.45, 2.75) is 37.5 Å². The molecule has 0 amide bonds. The number of hydrogen-bond donors (Lipinski definition) is 1. The maximum Gasteiger partial charge on any atom is 0.152 e. The first-order chi connectivity index (χ1) is 8.38. The van der Waals surface area contributed by atoms with E-state index < -0.39 is 9.84 Å². The SMILES string of the molecule is Cc1ccc(F)cc1NC1CCCC1S(C)(=O)=O. The summed E-state index contributed by atoms with van der Waals surface area (Å²) in [4.78, 5) is 0. The molecule has 1 aromatic rings. The fourth-order valence-corrected chi connectivity index (χ4v) is 3.95. The Balaban J connectivity index is 2.21. The van der Waals surface area contributed by atoms with Crippen LogP contribution in [0.3, 0.4) is 0 Å². The summed E-state index contributed by atoms with van der Waals surface area (Å²) in [6.45, 7) is 1.88.